The molecule has 0 aliphatic heterocycles. The second kappa shape index (κ2) is 9.38. The van der Waals surface area contributed by atoms with Crippen molar-refractivity contribution in [3.05, 3.63) is 145 Å². The molecule has 9 aromatic rings. The normalized spacial score (nSPS) is 13.2. The molecule has 0 aliphatic rings. The van der Waals surface area contributed by atoms with Crippen LogP contribution in [0.25, 0.3) is 80.7 Å². The summed E-state index contributed by atoms with van der Waals surface area (Å²) in [6.45, 7) is -2.42. The lowest BCUT2D eigenvalue weighted by molar-refractivity contribution is 1.02. The second-order valence-electron chi connectivity index (χ2n) is 11.0. The number of aryl methyl sites for hydroxylation is 1. The van der Waals surface area contributed by atoms with Gasteiger partial charge in [0.15, 0.2) is 0 Å². The molecule has 0 bridgehead atoms. The number of benzene rings is 7. The Bertz CT molecular complexity index is 2630. The molecule has 0 radical (unpaired) electrons. The monoisotopic (exact) mass is 569 g/mol. The van der Waals surface area contributed by atoms with Crippen molar-refractivity contribution in [1.29, 1.82) is 0 Å². The van der Waals surface area contributed by atoms with Crippen LogP contribution in [0.15, 0.2) is 140 Å². The molecular weight excluding hydrogens is 541 g/mol. The fourth-order valence-corrected chi connectivity index (χ4v) is 7.74. The van der Waals surface area contributed by atoms with E-state index in [2.05, 4.69) is 108 Å². The fourth-order valence-electron chi connectivity index (χ4n) is 6.65. The number of imidazole rings is 1. The largest absolute Gasteiger partial charge is 0.295 e. The Balaban J connectivity index is 1.46. The first-order valence-electron chi connectivity index (χ1n) is 15.9. The minimum Gasteiger partial charge on any atom is -0.295 e. The van der Waals surface area contributed by atoms with E-state index in [1.54, 1.807) is 0 Å². The van der Waals surface area contributed by atoms with E-state index in [1.807, 2.05) is 52.3 Å². The average molecular weight is 570 g/mol. The summed E-state index contributed by atoms with van der Waals surface area (Å²) in [5, 5.41) is 6.56. The maximum Gasteiger partial charge on any atom is 0.111 e. The Labute approximate surface area is 257 Å². The first kappa shape index (κ1) is 21.5. The van der Waals surface area contributed by atoms with Crippen LogP contribution >= 0.6 is 11.3 Å². The van der Waals surface area contributed by atoms with Gasteiger partial charge >= 0.3 is 0 Å². The zero-order chi connectivity index (χ0) is 31.0. The Morgan fingerprint density at radius 3 is 2.09 bits per heavy atom. The van der Waals surface area contributed by atoms with Gasteiger partial charge in [-0.2, -0.15) is 0 Å². The number of aromatic nitrogens is 2. The van der Waals surface area contributed by atoms with Gasteiger partial charge in [0, 0.05) is 35.1 Å². The van der Waals surface area contributed by atoms with Crippen molar-refractivity contribution in [2.45, 2.75) is 6.85 Å². The predicted octanol–water partition coefficient (Wildman–Crippen LogP) is 11.3. The maximum absolute atomic E-state index is 8.51. The minimum atomic E-state index is -2.42. The van der Waals surface area contributed by atoms with E-state index >= 15 is 0 Å². The number of hydrogen-bond acceptors (Lipinski definition) is 2. The number of thiophene rings is 1. The van der Waals surface area contributed by atoms with E-state index in [0.29, 0.717) is 5.52 Å². The van der Waals surface area contributed by atoms with Crippen LogP contribution in [0.2, 0.25) is 0 Å². The van der Waals surface area contributed by atoms with Crippen molar-refractivity contribution in [2.24, 2.45) is 0 Å². The topological polar surface area (TPSA) is 17.8 Å². The smallest absolute Gasteiger partial charge is 0.111 e. The lowest BCUT2D eigenvalue weighted by Gasteiger charge is -2.20. The van der Waals surface area contributed by atoms with Crippen molar-refractivity contribution < 1.29 is 4.11 Å². The average Bonchev–Trinajstić information content (AvgIpc) is 3.66. The number of nitrogens with zero attached hydrogens (tertiary/aromatic N) is 2. The van der Waals surface area contributed by atoms with Crippen LogP contribution < -0.4 is 0 Å². The van der Waals surface area contributed by atoms with E-state index in [9.17, 15) is 0 Å². The molecule has 0 atom stereocenters. The highest BCUT2D eigenvalue weighted by Gasteiger charge is 2.20. The van der Waals surface area contributed by atoms with Crippen LogP contribution in [-0.4, -0.2) is 9.55 Å². The molecule has 0 fully saturated rings. The number of hydrogen-bond donors (Lipinski definition) is 0. The van der Waals surface area contributed by atoms with Gasteiger partial charge in [0.25, 0.3) is 0 Å². The van der Waals surface area contributed by atoms with Gasteiger partial charge in [-0.25, -0.2) is 4.98 Å². The van der Waals surface area contributed by atoms with Gasteiger partial charge < -0.3 is 0 Å². The van der Waals surface area contributed by atoms with Crippen molar-refractivity contribution in [3.63, 3.8) is 0 Å². The van der Waals surface area contributed by atoms with Crippen LogP contribution in [0.4, 0.5) is 0 Å². The van der Waals surface area contributed by atoms with Gasteiger partial charge in [0.2, 0.25) is 0 Å². The van der Waals surface area contributed by atoms with Gasteiger partial charge in [0.1, 0.15) is 5.82 Å². The van der Waals surface area contributed by atoms with E-state index in [4.69, 9.17) is 4.11 Å². The van der Waals surface area contributed by atoms with Gasteiger partial charge in [-0.1, -0.05) is 103 Å². The summed E-state index contributed by atoms with van der Waals surface area (Å²) in [7, 11) is 0. The first-order chi connectivity index (χ1) is 22.5. The molecule has 0 N–H and O–H groups in total. The van der Waals surface area contributed by atoms with Gasteiger partial charge in [0.05, 0.1) is 16.7 Å². The van der Waals surface area contributed by atoms with E-state index in [-0.39, 0.29) is 5.82 Å². The minimum absolute atomic E-state index is 0.0613. The summed E-state index contributed by atoms with van der Waals surface area (Å²) in [5.41, 5.74) is 6.74. The van der Waals surface area contributed by atoms with Crippen LogP contribution in [0.3, 0.4) is 0 Å². The van der Waals surface area contributed by atoms with Gasteiger partial charge in [-0.15, -0.1) is 11.3 Å². The summed E-state index contributed by atoms with van der Waals surface area (Å²) in [5.74, 6) is 0.0613. The number of rotatable bonds is 3. The molecule has 2 heterocycles. The lowest BCUT2D eigenvalue weighted by Crippen LogP contribution is -2.01. The van der Waals surface area contributed by atoms with E-state index < -0.39 is 6.85 Å². The summed E-state index contributed by atoms with van der Waals surface area (Å²) in [6, 6.07) is 48.4. The third kappa shape index (κ3) is 3.68. The van der Waals surface area contributed by atoms with E-state index in [1.165, 1.54) is 20.2 Å². The highest BCUT2D eigenvalue weighted by molar-refractivity contribution is 7.25. The lowest BCUT2D eigenvalue weighted by atomic mass is 9.88. The Kier molecular flexibility index (Phi) is 4.68. The third-order valence-corrected chi connectivity index (χ3v) is 9.70. The number of para-hydroxylation sites is 2. The number of fused-ring (bicyclic) bond motifs is 6. The first-order valence-corrected chi connectivity index (χ1v) is 15.2. The Morgan fingerprint density at radius 1 is 0.535 bits per heavy atom. The molecule has 0 spiro atoms. The molecule has 0 aliphatic carbocycles. The summed E-state index contributed by atoms with van der Waals surface area (Å²) >= 11 is 1.81. The highest BCUT2D eigenvalue weighted by Crippen LogP contribution is 2.45. The second-order valence-corrected chi connectivity index (χ2v) is 12.0. The van der Waals surface area contributed by atoms with Crippen molar-refractivity contribution in [3.8, 4) is 27.9 Å². The molecule has 7 aromatic carbocycles. The van der Waals surface area contributed by atoms with Gasteiger partial charge in [-0.05, 0) is 76.3 Å². The predicted molar refractivity (Wildman–Crippen MR) is 185 cm³/mol. The van der Waals surface area contributed by atoms with Crippen molar-refractivity contribution >= 4 is 64.1 Å². The summed E-state index contributed by atoms with van der Waals surface area (Å²) in [4.78, 5) is 4.68. The molecular formula is C40H26N2S. The molecule has 3 heteroatoms. The molecule has 202 valence electrons. The standard InChI is InChI=1S/C40H26N2S/c1-25-41-35-16-8-9-17-36(35)42(25)40-31-15-6-5-14-30(31)39(34-23-27(19-21-32(34)40)26-11-3-2-4-12-26)28-20-22-38-33(24-28)29-13-7-10-18-37(29)43-38/h2-24H,1H3/i1D3. The highest BCUT2D eigenvalue weighted by atomic mass is 32.1. The molecule has 2 aromatic heterocycles. The van der Waals surface area contributed by atoms with Crippen LogP contribution in [-0.2, 0) is 0 Å². The van der Waals surface area contributed by atoms with Crippen LogP contribution in [0.1, 0.15) is 9.94 Å². The quantitative estimate of drug-likeness (QED) is 0.194. The zero-order valence-corrected chi connectivity index (χ0v) is 23.9. The summed E-state index contributed by atoms with van der Waals surface area (Å²) in [6.07, 6.45) is 0. The fraction of sp³-hybridized carbons (Fsp3) is 0.0250. The van der Waals surface area contributed by atoms with Crippen LogP contribution in [0, 0.1) is 6.85 Å². The molecule has 0 unspecified atom stereocenters. The van der Waals surface area contributed by atoms with Crippen LogP contribution in [0.5, 0.6) is 0 Å². The summed E-state index contributed by atoms with van der Waals surface area (Å²) < 4.78 is 29.9. The molecule has 0 saturated carbocycles. The maximum atomic E-state index is 8.51. The van der Waals surface area contributed by atoms with Crippen molar-refractivity contribution in [2.75, 3.05) is 0 Å². The molecule has 9 rings (SSSR count). The SMILES string of the molecule is [2H]C([2H])([2H])c1nc2ccccc2n1-c1c2ccccc2c(-c2ccc3sc4ccccc4c3c2)c2cc(-c3ccccc3)ccc12. The molecule has 43 heavy (non-hydrogen) atoms. The van der Waals surface area contributed by atoms with Crippen molar-refractivity contribution in [1.82, 2.24) is 9.55 Å². The van der Waals surface area contributed by atoms with Gasteiger partial charge in [-0.3, -0.25) is 4.57 Å². The zero-order valence-electron chi connectivity index (χ0n) is 26.1. The molecule has 2 nitrogen and oxygen atoms in total. The van der Waals surface area contributed by atoms with E-state index in [0.717, 1.165) is 55.0 Å². The molecule has 0 saturated heterocycles. The molecule has 0 amide bonds. The Morgan fingerprint density at radius 2 is 1.21 bits per heavy atom. The third-order valence-electron chi connectivity index (χ3n) is 8.55. The Hall–Kier alpha value is -5.25.